The summed E-state index contributed by atoms with van der Waals surface area (Å²) in [5.41, 5.74) is 1.77. The summed E-state index contributed by atoms with van der Waals surface area (Å²) in [5, 5.41) is 9.89. The Kier molecular flexibility index (Phi) is 0.745. The number of aromatic nitrogens is 4. The zero-order chi connectivity index (χ0) is 6.10. The molecule has 0 aliphatic carbocycles. The molecule has 0 bridgehead atoms. The largest absolute Gasteiger partial charge is 0.258 e. The molecule has 44 valence electrons. The molecule has 0 aromatic rings. The lowest BCUT2D eigenvalue weighted by Gasteiger charge is -1.89. The van der Waals surface area contributed by atoms with Crippen LogP contribution in [0.25, 0.3) is 11.4 Å². The van der Waals surface area contributed by atoms with Crippen LogP contribution >= 0.6 is 0 Å². The van der Waals surface area contributed by atoms with Gasteiger partial charge in [0.05, 0.1) is 11.9 Å². The summed E-state index contributed by atoms with van der Waals surface area (Å²) in [7, 11) is 0. The van der Waals surface area contributed by atoms with Crippen molar-refractivity contribution in [2.24, 2.45) is 0 Å². The summed E-state index contributed by atoms with van der Waals surface area (Å²) in [4.78, 5) is 3.98. The summed E-state index contributed by atoms with van der Waals surface area (Å²) in [6.07, 6.45) is 3.33. The van der Waals surface area contributed by atoms with Gasteiger partial charge >= 0.3 is 0 Å². The van der Waals surface area contributed by atoms with Crippen LogP contribution in [0.3, 0.4) is 0 Å². The number of fused-ring (bicyclic) bond motifs is 1. The molecule has 0 fully saturated rings. The molecule has 2 rings (SSSR count). The Morgan fingerprint density at radius 1 is 1.44 bits per heavy atom. The lowest BCUT2D eigenvalue weighted by Crippen LogP contribution is -1.88. The molecular formula is C5H4N4. The minimum Gasteiger partial charge on any atom is -0.258 e. The normalized spacial score (nSPS) is 10.2. The summed E-state index contributed by atoms with van der Waals surface area (Å²) in [5.74, 6) is 0. The van der Waals surface area contributed by atoms with E-state index in [1.807, 2.05) is 6.07 Å². The second-order valence-corrected chi connectivity index (χ2v) is 1.70. The molecule has 0 aromatic heterocycles. The Hall–Kier alpha value is -1.45. The zero-order valence-electron chi connectivity index (χ0n) is 4.57. The van der Waals surface area contributed by atoms with E-state index in [9.17, 15) is 0 Å². The van der Waals surface area contributed by atoms with Gasteiger partial charge in [0.15, 0.2) is 0 Å². The van der Waals surface area contributed by atoms with E-state index >= 15 is 0 Å². The van der Waals surface area contributed by atoms with E-state index in [-0.39, 0.29) is 0 Å². The minimum atomic E-state index is 0.852. The highest BCUT2D eigenvalue weighted by molar-refractivity contribution is 5.52. The molecule has 9 heavy (non-hydrogen) atoms. The topological polar surface area (TPSA) is 54.5 Å². The fourth-order valence-corrected chi connectivity index (χ4v) is 0.711. The molecule has 0 unspecified atom stereocenters. The molecule has 4 nitrogen and oxygen atoms in total. The van der Waals surface area contributed by atoms with E-state index in [1.54, 1.807) is 12.4 Å². The maximum atomic E-state index is 3.98. The van der Waals surface area contributed by atoms with Crippen LogP contribution in [-0.4, -0.2) is 20.4 Å². The predicted octanol–water partition coefficient (Wildman–Crippen LogP) is 0.304. The second kappa shape index (κ2) is 1.51. The van der Waals surface area contributed by atoms with Gasteiger partial charge in [0, 0.05) is 6.20 Å². The van der Waals surface area contributed by atoms with Crippen LogP contribution in [0.5, 0.6) is 0 Å². The molecule has 2 heterocycles. The van der Waals surface area contributed by atoms with E-state index in [1.165, 1.54) is 0 Å². The van der Waals surface area contributed by atoms with Crippen LogP contribution in [0.15, 0.2) is 18.5 Å². The van der Waals surface area contributed by atoms with Crippen LogP contribution in [0.4, 0.5) is 0 Å². The minimum absolute atomic E-state index is 0.852. The smallest absolute Gasteiger partial charge is 0.108 e. The van der Waals surface area contributed by atoms with Gasteiger partial charge < -0.3 is 0 Å². The zero-order valence-corrected chi connectivity index (χ0v) is 4.57. The van der Waals surface area contributed by atoms with Crippen molar-refractivity contribution in [1.29, 1.82) is 0 Å². The quantitative estimate of drug-likeness (QED) is 0.544. The highest BCUT2D eigenvalue weighted by Crippen LogP contribution is 2.11. The van der Waals surface area contributed by atoms with Crippen molar-refractivity contribution in [2.75, 3.05) is 0 Å². The molecule has 4 heteroatoms. The average molecular weight is 120 g/mol. The Morgan fingerprint density at radius 2 is 2.44 bits per heavy atom. The van der Waals surface area contributed by atoms with Gasteiger partial charge in [-0.2, -0.15) is 0 Å². The van der Waals surface area contributed by atoms with Gasteiger partial charge in [-0.05, 0) is 6.07 Å². The van der Waals surface area contributed by atoms with Crippen LogP contribution < -0.4 is 0 Å². The fourth-order valence-electron chi connectivity index (χ4n) is 0.711. The van der Waals surface area contributed by atoms with E-state index in [0.717, 1.165) is 11.4 Å². The first-order chi connectivity index (χ1) is 4.47. The molecule has 1 N–H and O–H groups in total. The summed E-state index contributed by atoms with van der Waals surface area (Å²) in [6, 6.07) is 1.85. The second-order valence-electron chi connectivity index (χ2n) is 1.70. The van der Waals surface area contributed by atoms with Crippen molar-refractivity contribution in [1.82, 2.24) is 20.4 Å². The van der Waals surface area contributed by atoms with Gasteiger partial charge in [0.1, 0.15) is 5.69 Å². The van der Waals surface area contributed by atoms with E-state index in [2.05, 4.69) is 20.4 Å². The Labute approximate surface area is 51.3 Å². The predicted molar refractivity (Wildman–Crippen MR) is 30.8 cm³/mol. The number of hydrogen-bond donors (Lipinski definition) is 1. The van der Waals surface area contributed by atoms with Crippen LogP contribution in [0, 0.1) is 0 Å². The Balaban J connectivity index is 2.79. The van der Waals surface area contributed by atoms with Gasteiger partial charge in [-0.3, -0.25) is 10.1 Å². The van der Waals surface area contributed by atoms with Crippen LogP contribution in [0.2, 0.25) is 0 Å². The molecule has 2 aliphatic heterocycles. The van der Waals surface area contributed by atoms with Crippen LogP contribution in [0.1, 0.15) is 0 Å². The Morgan fingerprint density at radius 3 is 3.33 bits per heavy atom. The first-order valence-electron chi connectivity index (χ1n) is 2.57. The molecule has 2 aliphatic rings. The summed E-state index contributed by atoms with van der Waals surface area (Å²) < 4.78 is 0. The van der Waals surface area contributed by atoms with E-state index in [0.29, 0.717) is 0 Å². The maximum absolute atomic E-state index is 3.98. The van der Waals surface area contributed by atoms with E-state index in [4.69, 9.17) is 0 Å². The number of nitrogens with one attached hydrogen (secondary N) is 1. The van der Waals surface area contributed by atoms with Gasteiger partial charge in [-0.25, -0.2) is 0 Å². The molecular weight excluding hydrogens is 116 g/mol. The van der Waals surface area contributed by atoms with Gasteiger partial charge in [0.2, 0.25) is 0 Å². The number of aromatic amines is 1. The monoisotopic (exact) mass is 120 g/mol. The molecule has 0 amide bonds. The molecule has 0 saturated carbocycles. The summed E-state index contributed by atoms with van der Waals surface area (Å²) >= 11 is 0. The molecule has 0 spiro atoms. The van der Waals surface area contributed by atoms with Gasteiger partial charge in [-0.15, -0.1) is 5.10 Å². The first kappa shape index (κ1) is 4.43. The molecule has 0 atom stereocenters. The number of H-pyrrole nitrogens is 1. The van der Waals surface area contributed by atoms with Gasteiger partial charge in [0.25, 0.3) is 0 Å². The number of nitrogens with zero attached hydrogens (tertiary/aromatic N) is 3. The summed E-state index contributed by atoms with van der Waals surface area (Å²) in [6.45, 7) is 0. The number of hydrogen-bond acceptors (Lipinski definition) is 3. The molecule has 0 saturated heterocycles. The lowest BCUT2D eigenvalue weighted by molar-refractivity contribution is 0.867. The van der Waals surface area contributed by atoms with Crippen molar-refractivity contribution in [3.8, 4) is 11.4 Å². The van der Waals surface area contributed by atoms with Crippen molar-refractivity contribution in [2.45, 2.75) is 0 Å². The third-order valence-electron chi connectivity index (χ3n) is 1.14. The molecule has 0 aromatic carbocycles. The third kappa shape index (κ3) is 0.561. The highest BCUT2D eigenvalue weighted by Gasteiger charge is 2.00. The van der Waals surface area contributed by atoms with Crippen molar-refractivity contribution in [3.05, 3.63) is 18.5 Å². The maximum Gasteiger partial charge on any atom is 0.108 e. The third-order valence-corrected chi connectivity index (χ3v) is 1.14. The van der Waals surface area contributed by atoms with Crippen molar-refractivity contribution >= 4 is 0 Å². The lowest BCUT2D eigenvalue weighted by atomic mass is 10.4. The van der Waals surface area contributed by atoms with Gasteiger partial charge in [-0.1, -0.05) is 5.21 Å². The Bertz CT molecular complexity index is 249. The van der Waals surface area contributed by atoms with Crippen molar-refractivity contribution < 1.29 is 0 Å². The number of rotatable bonds is 0. The molecule has 0 radical (unpaired) electrons. The highest BCUT2D eigenvalue weighted by atomic mass is 15.3. The van der Waals surface area contributed by atoms with Crippen LogP contribution in [-0.2, 0) is 0 Å². The first-order valence-corrected chi connectivity index (χ1v) is 2.57. The average Bonchev–Trinajstić information content (AvgIpc) is 2.33. The van der Waals surface area contributed by atoms with Crippen molar-refractivity contribution in [3.63, 3.8) is 0 Å². The standard InChI is InChI=1S/C5H4N4/c1-2-6-5-3-7-9-8-4(1)5/h1-3H,(H,7,8). The fraction of sp³-hybridized carbons (Fsp3) is 0. The van der Waals surface area contributed by atoms with E-state index < -0.39 is 0 Å². The SMILES string of the molecule is c1cc2[nH]nncc-2n1.